The zero-order valence-electron chi connectivity index (χ0n) is 11.7. The molecule has 5 heteroatoms. The number of phenolic OH excluding ortho intramolecular Hbond substituents is 1. The molecular formula is C15H21NO4. The van der Waals surface area contributed by atoms with Crippen LogP contribution in [0.1, 0.15) is 25.7 Å². The van der Waals surface area contributed by atoms with Crippen LogP contribution in [0.15, 0.2) is 24.3 Å². The molecule has 1 aliphatic carbocycles. The third-order valence-corrected chi connectivity index (χ3v) is 3.51. The van der Waals surface area contributed by atoms with Crippen LogP contribution in [0.4, 0.5) is 5.69 Å². The van der Waals surface area contributed by atoms with Crippen molar-refractivity contribution >= 4 is 11.7 Å². The lowest BCUT2D eigenvalue weighted by Gasteiger charge is -2.27. The number of nitrogens with one attached hydrogen (secondary N) is 1. The summed E-state index contributed by atoms with van der Waals surface area (Å²) in [6.45, 7) is 0.124. The molecule has 2 rings (SSSR count). The summed E-state index contributed by atoms with van der Waals surface area (Å²) in [5.74, 6) is -0.0641. The smallest absolute Gasteiger partial charge is 0.325 e. The number of phenols is 1. The maximum Gasteiger partial charge on any atom is 0.325 e. The molecule has 0 spiro atoms. The Labute approximate surface area is 118 Å². The van der Waals surface area contributed by atoms with Crippen LogP contribution in [0.3, 0.4) is 0 Å². The molecule has 1 aliphatic rings. The Kier molecular flexibility index (Phi) is 5.24. The van der Waals surface area contributed by atoms with Crippen molar-refractivity contribution in [2.75, 3.05) is 19.0 Å². The summed E-state index contributed by atoms with van der Waals surface area (Å²) in [5.41, 5.74) is 0.776. The minimum atomic E-state index is -0.264. The van der Waals surface area contributed by atoms with Crippen LogP contribution in [0, 0.1) is 0 Å². The predicted octanol–water partition coefficient (Wildman–Crippen LogP) is 2.30. The predicted molar refractivity (Wildman–Crippen MR) is 75.7 cm³/mol. The number of benzene rings is 1. The molecule has 1 saturated carbocycles. The van der Waals surface area contributed by atoms with Crippen LogP contribution in [-0.4, -0.2) is 36.9 Å². The molecule has 2 atom stereocenters. The highest BCUT2D eigenvalue weighted by Crippen LogP contribution is 2.23. The molecule has 110 valence electrons. The number of hydrogen-bond acceptors (Lipinski definition) is 5. The second-order valence-corrected chi connectivity index (χ2v) is 5.04. The minimum absolute atomic E-state index is 0.0391. The molecule has 2 unspecified atom stereocenters. The fourth-order valence-electron chi connectivity index (χ4n) is 2.40. The maximum absolute atomic E-state index is 11.8. The third kappa shape index (κ3) is 4.42. The molecular weight excluding hydrogens is 258 g/mol. The molecule has 2 N–H and O–H groups in total. The number of hydrogen-bond donors (Lipinski definition) is 2. The number of rotatable bonds is 5. The van der Waals surface area contributed by atoms with Gasteiger partial charge in [0, 0.05) is 19.2 Å². The summed E-state index contributed by atoms with van der Waals surface area (Å²) < 4.78 is 10.8. The first-order chi connectivity index (χ1) is 9.67. The highest BCUT2D eigenvalue weighted by molar-refractivity contribution is 5.75. The van der Waals surface area contributed by atoms with Crippen LogP contribution in [0.5, 0.6) is 5.75 Å². The van der Waals surface area contributed by atoms with Gasteiger partial charge in [0.1, 0.15) is 18.4 Å². The van der Waals surface area contributed by atoms with Gasteiger partial charge in [-0.1, -0.05) is 0 Å². The molecule has 1 aromatic rings. The zero-order chi connectivity index (χ0) is 14.4. The lowest BCUT2D eigenvalue weighted by Crippen LogP contribution is -2.31. The van der Waals surface area contributed by atoms with Crippen molar-refractivity contribution in [3.05, 3.63) is 24.3 Å². The summed E-state index contributed by atoms with van der Waals surface area (Å²) in [6.07, 6.45) is 3.92. The summed E-state index contributed by atoms with van der Waals surface area (Å²) >= 11 is 0. The average Bonchev–Trinajstić information content (AvgIpc) is 2.47. The van der Waals surface area contributed by atoms with E-state index in [4.69, 9.17) is 14.6 Å². The van der Waals surface area contributed by atoms with E-state index in [0.29, 0.717) is 0 Å². The second-order valence-electron chi connectivity index (χ2n) is 5.04. The van der Waals surface area contributed by atoms with E-state index in [0.717, 1.165) is 31.4 Å². The van der Waals surface area contributed by atoms with Crippen molar-refractivity contribution in [3.8, 4) is 5.75 Å². The monoisotopic (exact) mass is 279 g/mol. The van der Waals surface area contributed by atoms with Crippen molar-refractivity contribution in [1.82, 2.24) is 0 Å². The maximum atomic E-state index is 11.8. The van der Waals surface area contributed by atoms with Gasteiger partial charge in [0.25, 0.3) is 0 Å². The Bertz CT molecular complexity index is 432. The van der Waals surface area contributed by atoms with E-state index in [1.807, 2.05) is 0 Å². The zero-order valence-corrected chi connectivity index (χ0v) is 11.7. The van der Waals surface area contributed by atoms with Crippen LogP contribution >= 0.6 is 0 Å². The highest BCUT2D eigenvalue weighted by Gasteiger charge is 2.24. The molecule has 0 aliphatic heterocycles. The fourth-order valence-corrected chi connectivity index (χ4v) is 2.40. The number of methoxy groups -OCH3 is 1. The summed E-state index contributed by atoms with van der Waals surface area (Å²) in [6, 6.07) is 6.56. The minimum Gasteiger partial charge on any atom is -0.508 e. The number of aromatic hydroxyl groups is 1. The third-order valence-electron chi connectivity index (χ3n) is 3.51. The lowest BCUT2D eigenvalue weighted by molar-refractivity contribution is -0.150. The van der Waals surface area contributed by atoms with Gasteiger partial charge in [0.2, 0.25) is 0 Å². The first-order valence-corrected chi connectivity index (χ1v) is 6.92. The Balaban J connectivity index is 1.73. The average molecular weight is 279 g/mol. The van der Waals surface area contributed by atoms with E-state index in [1.165, 1.54) is 0 Å². The van der Waals surface area contributed by atoms with E-state index in [-0.39, 0.29) is 30.5 Å². The van der Waals surface area contributed by atoms with Gasteiger partial charge in [0.15, 0.2) is 0 Å². The molecule has 1 aromatic carbocycles. The molecule has 0 saturated heterocycles. The SMILES string of the molecule is COC1CCCC(OC(=O)CNc2ccc(O)cc2)C1. The first-order valence-electron chi connectivity index (χ1n) is 6.92. The number of esters is 1. The lowest BCUT2D eigenvalue weighted by atomic mass is 9.95. The molecule has 0 heterocycles. The van der Waals surface area contributed by atoms with E-state index >= 15 is 0 Å². The Hall–Kier alpha value is -1.75. The number of carbonyl (C=O) groups excluding carboxylic acids is 1. The van der Waals surface area contributed by atoms with Gasteiger partial charge in [-0.25, -0.2) is 0 Å². The van der Waals surface area contributed by atoms with Crippen molar-refractivity contribution in [3.63, 3.8) is 0 Å². The quantitative estimate of drug-likeness (QED) is 0.639. The molecule has 5 nitrogen and oxygen atoms in total. The van der Waals surface area contributed by atoms with Crippen molar-refractivity contribution in [1.29, 1.82) is 0 Å². The Morgan fingerprint density at radius 2 is 2.00 bits per heavy atom. The van der Waals surface area contributed by atoms with Crippen molar-refractivity contribution < 1.29 is 19.4 Å². The van der Waals surface area contributed by atoms with E-state index < -0.39 is 0 Å². The van der Waals surface area contributed by atoms with Crippen LogP contribution in [0.25, 0.3) is 0 Å². The standard InChI is InChI=1S/C15H21NO4/c1-19-13-3-2-4-14(9-13)20-15(18)10-16-11-5-7-12(17)8-6-11/h5-8,13-14,16-17H,2-4,9-10H2,1H3. The molecule has 0 bridgehead atoms. The molecule has 0 radical (unpaired) electrons. The number of anilines is 1. The summed E-state index contributed by atoms with van der Waals surface area (Å²) in [7, 11) is 1.70. The number of carbonyl (C=O) groups is 1. The van der Waals surface area contributed by atoms with Gasteiger partial charge < -0.3 is 19.9 Å². The summed E-state index contributed by atoms with van der Waals surface area (Å²) in [4.78, 5) is 11.8. The highest BCUT2D eigenvalue weighted by atomic mass is 16.5. The van der Waals surface area contributed by atoms with Gasteiger partial charge >= 0.3 is 5.97 Å². The van der Waals surface area contributed by atoms with Gasteiger partial charge in [0.05, 0.1) is 6.10 Å². The molecule has 1 fully saturated rings. The normalized spacial score (nSPS) is 22.2. The Morgan fingerprint density at radius 1 is 1.30 bits per heavy atom. The van der Waals surface area contributed by atoms with E-state index in [2.05, 4.69) is 5.32 Å². The topological polar surface area (TPSA) is 67.8 Å². The summed E-state index contributed by atoms with van der Waals surface area (Å²) in [5, 5.41) is 12.1. The first kappa shape index (κ1) is 14.7. The van der Waals surface area contributed by atoms with E-state index in [1.54, 1.807) is 31.4 Å². The fraction of sp³-hybridized carbons (Fsp3) is 0.533. The van der Waals surface area contributed by atoms with Gasteiger partial charge in [-0.15, -0.1) is 0 Å². The van der Waals surface area contributed by atoms with Crippen molar-refractivity contribution in [2.45, 2.75) is 37.9 Å². The van der Waals surface area contributed by atoms with Crippen LogP contribution in [0.2, 0.25) is 0 Å². The Morgan fingerprint density at radius 3 is 2.70 bits per heavy atom. The molecule has 20 heavy (non-hydrogen) atoms. The second kappa shape index (κ2) is 7.14. The van der Waals surface area contributed by atoms with Crippen LogP contribution in [-0.2, 0) is 14.3 Å². The van der Waals surface area contributed by atoms with E-state index in [9.17, 15) is 4.79 Å². The van der Waals surface area contributed by atoms with Crippen molar-refractivity contribution in [2.24, 2.45) is 0 Å². The van der Waals surface area contributed by atoms with Crippen LogP contribution < -0.4 is 5.32 Å². The molecule has 0 aromatic heterocycles. The van der Waals surface area contributed by atoms with Gasteiger partial charge in [-0.2, -0.15) is 0 Å². The van der Waals surface area contributed by atoms with Gasteiger partial charge in [-0.3, -0.25) is 4.79 Å². The molecule has 0 amide bonds. The number of ether oxygens (including phenoxy) is 2. The largest absolute Gasteiger partial charge is 0.508 e. The van der Waals surface area contributed by atoms with Gasteiger partial charge in [-0.05, 0) is 43.5 Å².